The average Bonchev–Trinajstić information content (AvgIpc) is 2.75. The molecule has 1 nitrogen and oxygen atoms in total. The molecule has 0 fully saturated rings. The Labute approximate surface area is 161 Å². The van der Waals surface area contributed by atoms with E-state index in [0.717, 1.165) is 5.71 Å². The molecule has 3 aromatic rings. The van der Waals surface area contributed by atoms with Crippen molar-refractivity contribution in [2.24, 2.45) is 4.99 Å². The fourth-order valence-corrected chi connectivity index (χ4v) is 3.92. The summed E-state index contributed by atoms with van der Waals surface area (Å²) in [6.45, 7) is 2.27. The first-order valence-electron chi connectivity index (χ1n) is 9.31. The summed E-state index contributed by atoms with van der Waals surface area (Å²) in [6.07, 6.45) is 4.63. The largest absolute Gasteiger partial charge is 0.291 e. The minimum atomic E-state index is -0.291. The van der Waals surface area contributed by atoms with Crippen LogP contribution in [0.2, 0.25) is 0 Å². The van der Waals surface area contributed by atoms with E-state index in [-0.39, 0.29) is 5.41 Å². The quantitative estimate of drug-likeness (QED) is 0.534. The second kappa shape index (κ2) is 7.20. The van der Waals surface area contributed by atoms with Crippen molar-refractivity contribution in [3.05, 3.63) is 120 Å². The summed E-state index contributed by atoms with van der Waals surface area (Å²) in [5, 5.41) is 0. The topological polar surface area (TPSA) is 12.4 Å². The summed E-state index contributed by atoms with van der Waals surface area (Å²) in [6, 6.07) is 31.8. The number of aliphatic imine (C=N–C) groups is 1. The molecule has 1 aliphatic rings. The molecule has 0 amide bonds. The van der Waals surface area contributed by atoms with E-state index >= 15 is 0 Å². The molecular formula is C26H23N. The number of allylic oxidation sites excluding steroid dienone is 4. The zero-order chi connectivity index (χ0) is 18.7. The molecular weight excluding hydrogens is 326 g/mol. The van der Waals surface area contributed by atoms with Crippen LogP contribution in [0.4, 0.5) is 0 Å². The van der Waals surface area contributed by atoms with Gasteiger partial charge in [0.2, 0.25) is 0 Å². The predicted octanol–water partition coefficient (Wildman–Crippen LogP) is 6.20. The average molecular weight is 349 g/mol. The fourth-order valence-electron chi connectivity index (χ4n) is 3.92. The van der Waals surface area contributed by atoms with E-state index in [4.69, 9.17) is 4.99 Å². The molecule has 27 heavy (non-hydrogen) atoms. The molecule has 0 saturated carbocycles. The number of rotatable bonds is 3. The van der Waals surface area contributed by atoms with Crippen molar-refractivity contribution >= 4 is 16.9 Å². The predicted molar refractivity (Wildman–Crippen MR) is 116 cm³/mol. The Hall–Kier alpha value is -3.19. The van der Waals surface area contributed by atoms with Crippen molar-refractivity contribution in [1.82, 2.24) is 0 Å². The molecule has 0 aromatic heterocycles. The van der Waals surface area contributed by atoms with Crippen LogP contribution in [-0.2, 0) is 5.41 Å². The molecule has 0 saturated heterocycles. The molecule has 1 unspecified atom stereocenters. The minimum Gasteiger partial charge on any atom is -0.291 e. The SMILES string of the molecule is CN=C1C(c2ccccc2)=CC(c2ccccc2)=CC1(C)c1ccccc1. The van der Waals surface area contributed by atoms with Crippen molar-refractivity contribution < 1.29 is 0 Å². The van der Waals surface area contributed by atoms with Gasteiger partial charge in [0, 0.05) is 12.6 Å². The molecule has 0 spiro atoms. The number of hydrogen-bond donors (Lipinski definition) is 0. The summed E-state index contributed by atoms with van der Waals surface area (Å²) >= 11 is 0. The maximum Gasteiger partial charge on any atom is 0.0564 e. The van der Waals surface area contributed by atoms with Crippen molar-refractivity contribution in [2.45, 2.75) is 12.3 Å². The van der Waals surface area contributed by atoms with Crippen LogP contribution in [0.5, 0.6) is 0 Å². The van der Waals surface area contributed by atoms with Gasteiger partial charge in [0.25, 0.3) is 0 Å². The summed E-state index contributed by atoms with van der Waals surface area (Å²) in [5.41, 5.74) is 6.89. The molecule has 4 rings (SSSR count). The van der Waals surface area contributed by atoms with Gasteiger partial charge in [-0.05, 0) is 35.3 Å². The Bertz CT molecular complexity index is 1010. The lowest BCUT2D eigenvalue weighted by Gasteiger charge is -2.34. The van der Waals surface area contributed by atoms with Gasteiger partial charge < -0.3 is 0 Å². The molecule has 0 radical (unpaired) electrons. The second-order valence-corrected chi connectivity index (χ2v) is 7.03. The van der Waals surface area contributed by atoms with Crippen LogP contribution in [0.15, 0.2) is 108 Å². The van der Waals surface area contributed by atoms with Crippen LogP contribution in [0.25, 0.3) is 11.1 Å². The van der Waals surface area contributed by atoms with Gasteiger partial charge in [-0.1, -0.05) is 97.1 Å². The van der Waals surface area contributed by atoms with Crippen LogP contribution in [0, 0.1) is 0 Å². The van der Waals surface area contributed by atoms with Gasteiger partial charge in [-0.25, -0.2) is 0 Å². The molecule has 3 aromatic carbocycles. The lowest BCUT2D eigenvalue weighted by molar-refractivity contribution is 0.811. The smallest absolute Gasteiger partial charge is 0.0564 e. The number of hydrogen-bond acceptors (Lipinski definition) is 1. The lowest BCUT2D eigenvalue weighted by atomic mass is 9.69. The van der Waals surface area contributed by atoms with E-state index in [2.05, 4.69) is 110 Å². The Morgan fingerprint density at radius 1 is 0.667 bits per heavy atom. The van der Waals surface area contributed by atoms with Gasteiger partial charge in [0.1, 0.15) is 0 Å². The fraction of sp³-hybridized carbons (Fsp3) is 0.115. The molecule has 0 heterocycles. The standard InChI is InChI=1S/C26H23N/c1-26(23-16-10-5-11-17-23)19-22(20-12-6-3-7-13-20)18-24(25(26)27-2)21-14-8-4-9-15-21/h3-19H,1-2H3. The Morgan fingerprint density at radius 3 is 1.74 bits per heavy atom. The second-order valence-electron chi connectivity index (χ2n) is 7.03. The van der Waals surface area contributed by atoms with Crippen LogP contribution in [-0.4, -0.2) is 12.8 Å². The zero-order valence-electron chi connectivity index (χ0n) is 15.8. The Kier molecular flexibility index (Phi) is 4.60. The van der Waals surface area contributed by atoms with E-state index < -0.39 is 0 Å². The molecule has 1 aliphatic carbocycles. The van der Waals surface area contributed by atoms with Crippen LogP contribution in [0.3, 0.4) is 0 Å². The van der Waals surface area contributed by atoms with Gasteiger partial charge in [-0.3, -0.25) is 4.99 Å². The highest BCUT2D eigenvalue weighted by Gasteiger charge is 2.36. The first-order chi connectivity index (χ1) is 13.2. The lowest BCUT2D eigenvalue weighted by Crippen LogP contribution is -2.34. The van der Waals surface area contributed by atoms with Crippen LogP contribution >= 0.6 is 0 Å². The van der Waals surface area contributed by atoms with E-state index in [1.165, 1.54) is 27.8 Å². The first-order valence-corrected chi connectivity index (χ1v) is 9.31. The van der Waals surface area contributed by atoms with Crippen molar-refractivity contribution in [3.8, 4) is 0 Å². The molecule has 0 bridgehead atoms. The Balaban J connectivity index is 1.97. The third-order valence-electron chi connectivity index (χ3n) is 5.28. The summed E-state index contributed by atoms with van der Waals surface area (Å²) in [5.74, 6) is 0. The zero-order valence-corrected chi connectivity index (χ0v) is 15.8. The number of benzene rings is 3. The van der Waals surface area contributed by atoms with Gasteiger partial charge in [0.15, 0.2) is 0 Å². The van der Waals surface area contributed by atoms with Gasteiger partial charge in [0.05, 0.1) is 11.1 Å². The van der Waals surface area contributed by atoms with E-state index in [1.54, 1.807) is 0 Å². The first kappa shape index (κ1) is 17.2. The monoisotopic (exact) mass is 349 g/mol. The summed E-state index contributed by atoms with van der Waals surface area (Å²) < 4.78 is 0. The highest BCUT2D eigenvalue weighted by molar-refractivity contribution is 6.32. The van der Waals surface area contributed by atoms with Gasteiger partial charge in [-0.2, -0.15) is 0 Å². The highest BCUT2D eigenvalue weighted by Crippen LogP contribution is 2.41. The third-order valence-corrected chi connectivity index (χ3v) is 5.28. The van der Waals surface area contributed by atoms with Crippen molar-refractivity contribution in [3.63, 3.8) is 0 Å². The Morgan fingerprint density at radius 2 is 1.19 bits per heavy atom. The van der Waals surface area contributed by atoms with Crippen molar-refractivity contribution in [1.29, 1.82) is 0 Å². The van der Waals surface area contributed by atoms with Crippen molar-refractivity contribution in [2.75, 3.05) is 7.05 Å². The molecule has 0 N–H and O–H groups in total. The van der Waals surface area contributed by atoms with E-state index in [0.29, 0.717) is 0 Å². The van der Waals surface area contributed by atoms with Crippen LogP contribution < -0.4 is 0 Å². The third kappa shape index (κ3) is 3.17. The van der Waals surface area contributed by atoms with Gasteiger partial charge in [-0.15, -0.1) is 0 Å². The molecule has 132 valence electrons. The molecule has 0 aliphatic heterocycles. The summed E-state index contributed by atoms with van der Waals surface area (Å²) in [7, 11) is 1.90. The van der Waals surface area contributed by atoms with Gasteiger partial charge >= 0.3 is 0 Å². The molecule has 1 heteroatoms. The van der Waals surface area contributed by atoms with Crippen LogP contribution in [0.1, 0.15) is 23.6 Å². The summed E-state index contributed by atoms with van der Waals surface area (Å²) in [4.78, 5) is 4.77. The van der Waals surface area contributed by atoms with E-state index in [9.17, 15) is 0 Å². The normalized spacial score (nSPS) is 20.9. The minimum absolute atomic E-state index is 0.291. The maximum absolute atomic E-state index is 4.77. The number of nitrogens with zero attached hydrogens (tertiary/aromatic N) is 1. The molecule has 1 atom stereocenters. The highest BCUT2D eigenvalue weighted by atomic mass is 14.7. The maximum atomic E-state index is 4.77. The van der Waals surface area contributed by atoms with E-state index in [1.807, 2.05) is 7.05 Å².